The van der Waals surface area contributed by atoms with Gasteiger partial charge in [-0.15, -0.1) is 0 Å². The molecular formula is C17H25N3O. The molecule has 21 heavy (non-hydrogen) atoms. The number of nitrogens with one attached hydrogen (secondary N) is 2. The molecule has 0 bridgehead atoms. The van der Waals surface area contributed by atoms with E-state index in [2.05, 4.69) is 15.5 Å². The molecule has 1 atom stereocenters. The van der Waals surface area contributed by atoms with Crippen LogP contribution in [0.15, 0.2) is 30.3 Å². The lowest BCUT2D eigenvalue weighted by Crippen LogP contribution is -2.44. The highest BCUT2D eigenvalue weighted by molar-refractivity contribution is 5.78. The molecule has 1 aromatic rings. The zero-order valence-corrected chi connectivity index (χ0v) is 12.6. The Hall–Kier alpha value is -1.39. The van der Waals surface area contributed by atoms with Gasteiger partial charge >= 0.3 is 0 Å². The number of carbonyl (C=O) groups excluding carboxylic acids is 1. The van der Waals surface area contributed by atoms with Crippen LogP contribution in [0.5, 0.6) is 0 Å². The van der Waals surface area contributed by atoms with E-state index in [0.29, 0.717) is 25.2 Å². The number of carbonyl (C=O) groups is 1. The molecule has 2 fully saturated rings. The number of nitrogens with zero attached hydrogens (tertiary/aromatic N) is 1. The first-order valence-electron chi connectivity index (χ1n) is 8.09. The predicted octanol–water partition coefficient (Wildman–Crippen LogP) is 1.52. The maximum absolute atomic E-state index is 12.2. The first-order chi connectivity index (χ1) is 10.3. The lowest BCUT2D eigenvalue weighted by molar-refractivity contribution is -0.122. The summed E-state index contributed by atoms with van der Waals surface area (Å²) < 4.78 is 0. The third-order valence-corrected chi connectivity index (χ3v) is 4.36. The fourth-order valence-corrected chi connectivity index (χ4v) is 3.01. The maximum Gasteiger partial charge on any atom is 0.234 e. The lowest BCUT2D eigenvalue weighted by Gasteiger charge is -2.24. The van der Waals surface area contributed by atoms with Crippen LogP contribution in [-0.4, -0.2) is 42.5 Å². The van der Waals surface area contributed by atoms with Gasteiger partial charge in [-0.05, 0) is 37.8 Å². The molecule has 1 saturated carbocycles. The van der Waals surface area contributed by atoms with Crippen molar-refractivity contribution in [2.45, 2.75) is 44.3 Å². The van der Waals surface area contributed by atoms with Gasteiger partial charge in [-0.2, -0.15) is 0 Å². The Labute approximate surface area is 126 Å². The highest BCUT2D eigenvalue weighted by Crippen LogP contribution is 2.27. The van der Waals surface area contributed by atoms with Crippen molar-refractivity contribution in [2.75, 3.05) is 19.6 Å². The fraction of sp³-hybridized carbons (Fsp3) is 0.588. The Bertz CT molecular complexity index is 452. The van der Waals surface area contributed by atoms with Crippen LogP contribution in [0.2, 0.25) is 0 Å². The molecule has 1 saturated heterocycles. The average Bonchev–Trinajstić information content (AvgIpc) is 3.24. The van der Waals surface area contributed by atoms with E-state index in [4.69, 9.17) is 0 Å². The number of hydrogen-bond donors (Lipinski definition) is 2. The fourth-order valence-electron chi connectivity index (χ4n) is 3.01. The molecule has 1 heterocycles. The Morgan fingerprint density at radius 2 is 2.05 bits per heavy atom. The Morgan fingerprint density at radius 1 is 1.24 bits per heavy atom. The van der Waals surface area contributed by atoms with Gasteiger partial charge < -0.3 is 10.6 Å². The summed E-state index contributed by atoms with van der Waals surface area (Å²) in [4.78, 5) is 14.5. The van der Waals surface area contributed by atoms with E-state index in [-0.39, 0.29) is 5.91 Å². The summed E-state index contributed by atoms with van der Waals surface area (Å²) in [6, 6.07) is 11.3. The summed E-state index contributed by atoms with van der Waals surface area (Å²) in [5, 5.41) is 6.56. The minimum absolute atomic E-state index is 0.142. The minimum Gasteiger partial charge on any atom is -0.351 e. The smallest absolute Gasteiger partial charge is 0.234 e. The molecule has 2 aliphatic rings. The van der Waals surface area contributed by atoms with Crippen LogP contribution in [0, 0.1) is 0 Å². The van der Waals surface area contributed by atoms with Crippen molar-refractivity contribution in [1.29, 1.82) is 0 Å². The van der Waals surface area contributed by atoms with Crippen LogP contribution in [0.3, 0.4) is 0 Å². The largest absolute Gasteiger partial charge is 0.351 e. The first kappa shape index (κ1) is 14.5. The standard InChI is InChI=1S/C17H25N3O/c21-17(19-11-14-5-2-1-3-6-14)13-20(16-8-9-16)12-15-7-4-10-18-15/h1-3,5-6,15-16,18H,4,7-13H2,(H,19,21). The molecule has 1 unspecified atom stereocenters. The molecule has 0 aromatic heterocycles. The third-order valence-electron chi connectivity index (χ3n) is 4.36. The summed E-state index contributed by atoms with van der Waals surface area (Å²) in [6.45, 7) is 3.31. The second-order valence-corrected chi connectivity index (χ2v) is 6.22. The molecule has 0 radical (unpaired) electrons. The van der Waals surface area contributed by atoms with E-state index < -0.39 is 0 Å². The molecule has 4 nitrogen and oxygen atoms in total. The molecule has 4 heteroatoms. The van der Waals surface area contributed by atoms with Crippen molar-refractivity contribution in [3.05, 3.63) is 35.9 Å². The summed E-state index contributed by atoms with van der Waals surface area (Å²) in [5.74, 6) is 0.142. The maximum atomic E-state index is 12.2. The predicted molar refractivity (Wildman–Crippen MR) is 83.9 cm³/mol. The molecule has 1 aliphatic heterocycles. The van der Waals surface area contributed by atoms with Crippen molar-refractivity contribution >= 4 is 5.91 Å². The van der Waals surface area contributed by atoms with Crippen LogP contribution < -0.4 is 10.6 Å². The van der Waals surface area contributed by atoms with Gasteiger partial charge in [0.15, 0.2) is 0 Å². The molecule has 2 N–H and O–H groups in total. The topological polar surface area (TPSA) is 44.4 Å². The van der Waals surface area contributed by atoms with Gasteiger partial charge in [0.05, 0.1) is 6.54 Å². The van der Waals surface area contributed by atoms with E-state index in [1.54, 1.807) is 0 Å². The monoisotopic (exact) mass is 287 g/mol. The number of amides is 1. The third kappa shape index (κ3) is 4.55. The van der Waals surface area contributed by atoms with E-state index in [0.717, 1.165) is 18.7 Å². The minimum atomic E-state index is 0.142. The normalized spacial score (nSPS) is 21.7. The van der Waals surface area contributed by atoms with E-state index in [9.17, 15) is 4.79 Å². The molecule has 114 valence electrons. The highest BCUT2D eigenvalue weighted by atomic mass is 16.2. The van der Waals surface area contributed by atoms with Gasteiger partial charge in [0.25, 0.3) is 0 Å². The second-order valence-electron chi connectivity index (χ2n) is 6.22. The van der Waals surface area contributed by atoms with Gasteiger partial charge in [-0.1, -0.05) is 30.3 Å². The second kappa shape index (κ2) is 7.05. The summed E-state index contributed by atoms with van der Waals surface area (Å²) >= 11 is 0. The van der Waals surface area contributed by atoms with Gasteiger partial charge in [-0.3, -0.25) is 9.69 Å². The van der Waals surface area contributed by atoms with Crippen molar-refractivity contribution < 1.29 is 4.79 Å². The van der Waals surface area contributed by atoms with Crippen LogP contribution in [0.4, 0.5) is 0 Å². The SMILES string of the molecule is O=C(CN(CC1CCCN1)C1CC1)NCc1ccccc1. The Kier molecular flexibility index (Phi) is 4.88. The van der Waals surface area contributed by atoms with Gasteiger partial charge in [-0.25, -0.2) is 0 Å². The van der Waals surface area contributed by atoms with Crippen LogP contribution in [-0.2, 0) is 11.3 Å². The van der Waals surface area contributed by atoms with Gasteiger partial charge in [0.2, 0.25) is 5.91 Å². The van der Waals surface area contributed by atoms with Crippen molar-refractivity contribution in [3.63, 3.8) is 0 Å². The molecule has 1 amide bonds. The van der Waals surface area contributed by atoms with E-state index >= 15 is 0 Å². The van der Waals surface area contributed by atoms with Crippen molar-refractivity contribution in [1.82, 2.24) is 15.5 Å². The van der Waals surface area contributed by atoms with Crippen molar-refractivity contribution in [2.24, 2.45) is 0 Å². The molecular weight excluding hydrogens is 262 g/mol. The molecule has 3 rings (SSSR count). The first-order valence-corrected chi connectivity index (χ1v) is 8.09. The van der Waals surface area contributed by atoms with Crippen LogP contribution in [0.25, 0.3) is 0 Å². The molecule has 1 aromatic carbocycles. The number of rotatable bonds is 7. The summed E-state index contributed by atoms with van der Waals surface area (Å²) in [7, 11) is 0. The van der Waals surface area contributed by atoms with Crippen LogP contribution in [0.1, 0.15) is 31.2 Å². The van der Waals surface area contributed by atoms with Gasteiger partial charge in [0.1, 0.15) is 0 Å². The summed E-state index contributed by atoms with van der Waals surface area (Å²) in [6.07, 6.45) is 5.01. The zero-order chi connectivity index (χ0) is 14.5. The molecule has 1 aliphatic carbocycles. The van der Waals surface area contributed by atoms with E-state index in [1.165, 1.54) is 25.7 Å². The van der Waals surface area contributed by atoms with Gasteiger partial charge in [0, 0.05) is 25.2 Å². The zero-order valence-electron chi connectivity index (χ0n) is 12.6. The summed E-state index contributed by atoms with van der Waals surface area (Å²) in [5.41, 5.74) is 1.15. The highest BCUT2D eigenvalue weighted by Gasteiger charge is 2.32. The number of benzene rings is 1. The average molecular weight is 287 g/mol. The quantitative estimate of drug-likeness (QED) is 0.799. The van der Waals surface area contributed by atoms with Crippen molar-refractivity contribution in [3.8, 4) is 0 Å². The Balaban J connectivity index is 1.45. The van der Waals surface area contributed by atoms with E-state index in [1.807, 2.05) is 30.3 Å². The molecule has 0 spiro atoms. The number of hydrogen-bond acceptors (Lipinski definition) is 3. The lowest BCUT2D eigenvalue weighted by atomic mass is 10.2. The Morgan fingerprint density at radius 3 is 2.71 bits per heavy atom. The van der Waals surface area contributed by atoms with Crippen LogP contribution >= 0.6 is 0 Å².